The van der Waals surface area contributed by atoms with E-state index in [1.54, 1.807) is 19.1 Å². The first kappa shape index (κ1) is 17.7. The molecule has 0 heterocycles. The first-order valence-corrected chi connectivity index (χ1v) is 6.97. The molecule has 0 radical (unpaired) electrons. The number of allylic oxidation sites excluding steroid dienone is 3. The van der Waals surface area contributed by atoms with Gasteiger partial charge < -0.3 is 4.90 Å². The molecule has 0 unspecified atom stereocenters. The van der Waals surface area contributed by atoms with E-state index in [-0.39, 0.29) is 11.7 Å². The minimum Gasteiger partial charge on any atom is -0.378 e. The van der Waals surface area contributed by atoms with Crippen molar-refractivity contribution in [2.45, 2.75) is 13.8 Å². The van der Waals surface area contributed by atoms with Gasteiger partial charge >= 0.3 is 0 Å². The Labute approximate surface area is 130 Å². The average molecular weight is 302 g/mol. The zero-order chi connectivity index (χ0) is 16.7. The summed E-state index contributed by atoms with van der Waals surface area (Å²) in [6, 6.07) is 7.43. The van der Waals surface area contributed by atoms with Crippen LogP contribution in [0.1, 0.15) is 24.2 Å². The van der Waals surface area contributed by atoms with Crippen LogP contribution in [0.3, 0.4) is 0 Å². The summed E-state index contributed by atoms with van der Waals surface area (Å²) in [4.78, 5) is 25.2. The molecule has 1 amide bonds. The zero-order valence-corrected chi connectivity index (χ0v) is 13.3. The molecule has 1 aromatic rings. The topological polar surface area (TPSA) is 69.6 Å². The van der Waals surface area contributed by atoms with Crippen molar-refractivity contribution in [2.24, 2.45) is 5.92 Å². The Hall–Kier alpha value is -2.40. The lowest BCUT2D eigenvalue weighted by molar-refractivity contribution is -0.124. The van der Waals surface area contributed by atoms with Gasteiger partial charge in [0.05, 0.1) is 0 Å². The van der Waals surface area contributed by atoms with Gasteiger partial charge in [-0.3, -0.25) is 14.8 Å². The number of ketones is 1. The van der Waals surface area contributed by atoms with Gasteiger partial charge in [0, 0.05) is 37.3 Å². The standard InChI is InChI=1S/C17H22N2O3/c1-12(5-10-16(20)18-22)11-13(2)17(21)14-6-8-15(9-7-14)19(3)4/h5-11,13,22H,1-4H3,(H,18,20)/t13-/m0/s1. The highest BCUT2D eigenvalue weighted by molar-refractivity contribution is 5.99. The number of hydrogen-bond acceptors (Lipinski definition) is 4. The Bertz CT molecular complexity index is 586. The van der Waals surface area contributed by atoms with Crippen LogP contribution in [0.15, 0.2) is 48.1 Å². The highest BCUT2D eigenvalue weighted by atomic mass is 16.5. The van der Waals surface area contributed by atoms with E-state index in [0.717, 1.165) is 11.3 Å². The molecular weight excluding hydrogens is 280 g/mol. The van der Waals surface area contributed by atoms with E-state index in [4.69, 9.17) is 5.21 Å². The van der Waals surface area contributed by atoms with Crippen LogP contribution < -0.4 is 10.4 Å². The number of hydroxylamine groups is 1. The maximum absolute atomic E-state index is 12.4. The molecule has 0 bridgehead atoms. The minimum absolute atomic E-state index is 0.0182. The van der Waals surface area contributed by atoms with Gasteiger partial charge in [0.2, 0.25) is 0 Å². The first-order valence-electron chi connectivity index (χ1n) is 6.97. The van der Waals surface area contributed by atoms with Gasteiger partial charge in [-0.2, -0.15) is 0 Å². The van der Waals surface area contributed by atoms with Gasteiger partial charge in [0.1, 0.15) is 0 Å². The van der Waals surface area contributed by atoms with Gasteiger partial charge in [0.25, 0.3) is 5.91 Å². The third kappa shape index (κ3) is 5.18. The Kier molecular flexibility index (Phi) is 6.53. The van der Waals surface area contributed by atoms with Gasteiger partial charge in [0.15, 0.2) is 5.78 Å². The van der Waals surface area contributed by atoms with Crippen molar-refractivity contribution >= 4 is 17.4 Å². The summed E-state index contributed by atoms with van der Waals surface area (Å²) in [5, 5.41) is 8.40. The Balaban J connectivity index is 2.79. The number of benzene rings is 1. The molecule has 5 heteroatoms. The normalized spacial score (nSPS) is 13.0. The van der Waals surface area contributed by atoms with Gasteiger partial charge in [-0.15, -0.1) is 0 Å². The zero-order valence-electron chi connectivity index (χ0n) is 13.3. The lowest BCUT2D eigenvalue weighted by Gasteiger charge is -2.13. The summed E-state index contributed by atoms with van der Waals surface area (Å²) in [6.07, 6.45) is 4.53. The van der Waals surface area contributed by atoms with Crippen LogP contribution in [-0.4, -0.2) is 31.0 Å². The quantitative estimate of drug-likeness (QED) is 0.279. The number of nitrogens with one attached hydrogen (secondary N) is 1. The number of Topliss-reactive ketones (excluding diaryl/α,β-unsaturated/α-hetero) is 1. The third-order valence-electron chi connectivity index (χ3n) is 3.20. The SMILES string of the molecule is CC(C=CC(=O)NO)=C[C@H](C)C(=O)c1ccc(N(C)C)cc1. The summed E-state index contributed by atoms with van der Waals surface area (Å²) < 4.78 is 0. The highest BCUT2D eigenvalue weighted by Crippen LogP contribution is 2.17. The largest absolute Gasteiger partial charge is 0.378 e. The van der Waals surface area contributed by atoms with E-state index in [9.17, 15) is 9.59 Å². The molecule has 118 valence electrons. The number of nitrogens with zero attached hydrogens (tertiary/aromatic N) is 1. The first-order chi connectivity index (χ1) is 10.3. The molecule has 1 atom stereocenters. The van der Waals surface area contributed by atoms with E-state index in [1.165, 1.54) is 11.6 Å². The van der Waals surface area contributed by atoms with Crippen molar-refractivity contribution in [2.75, 3.05) is 19.0 Å². The number of amides is 1. The smallest absolute Gasteiger partial charge is 0.267 e. The molecule has 0 saturated carbocycles. The second-order valence-electron chi connectivity index (χ2n) is 5.31. The van der Waals surface area contributed by atoms with Crippen LogP contribution in [0.4, 0.5) is 5.69 Å². The van der Waals surface area contributed by atoms with E-state index >= 15 is 0 Å². The predicted octanol–water partition coefficient (Wildman–Crippen LogP) is 2.58. The fraction of sp³-hybridized carbons (Fsp3) is 0.294. The molecule has 0 saturated heterocycles. The number of carbonyl (C=O) groups excluding carboxylic acids is 2. The Morgan fingerprint density at radius 3 is 2.27 bits per heavy atom. The lowest BCUT2D eigenvalue weighted by Crippen LogP contribution is -2.15. The third-order valence-corrected chi connectivity index (χ3v) is 3.20. The fourth-order valence-electron chi connectivity index (χ4n) is 1.96. The van der Waals surface area contributed by atoms with Crippen LogP contribution in [0, 0.1) is 5.92 Å². The molecule has 1 aromatic carbocycles. The van der Waals surface area contributed by atoms with E-state index in [0.29, 0.717) is 5.56 Å². The van der Waals surface area contributed by atoms with E-state index in [2.05, 4.69) is 0 Å². The van der Waals surface area contributed by atoms with Crippen LogP contribution in [0.2, 0.25) is 0 Å². The summed E-state index contributed by atoms with van der Waals surface area (Å²) in [7, 11) is 3.89. The van der Waals surface area contributed by atoms with Crippen molar-refractivity contribution in [1.82, 2.24) is 5.48 Å². The maximum atomic E-state index is 12.4. The molecule has 0 aliphatic heterocycles. The van der Waals surface area contributed by atoms with Crippen molar-refractivity contribution in [3.8, 4) is 0 Å². The monoisotopic (exact) mass is 302 g/mol. The van der Waals surface area contributed by atoms with E-state index in [1.807, 2.05) is 50.2 Å². The number of carbonyl (C=O) groups is 2. The average Bonchev–Trinajstić information content (AvgIpc) is 2.51. The molecule has 5 nitrogen and oxygen atoms in total. The Morgan fingerprint density at radius 1 is 1.18 bits per heavy atom. The van der Waals surface area contributed by atoms with Crippen LogP contribution in [-0.2, 0) is 4.79 Å². The minimum atomic E-state index is -0.606. The summed E-state index contributed by atoms with van der Waals surface area (Å²) >= 11 is 0. The van der Waals surface area contributed by atoms with Crippen LogP contribution in [0.5, 0.6) is 0 Å². The maximum Gasteiger partial charge on any atom is 0.267 e. The number of anilines is 1. The van der Waals surface area contributed by atoms with Gasteiger partial charge in [-0.1, -0.05) is 24.6 Å². The summed E-state index contributed by atoms with van der Waals surface area (Å²) in [6.45, 7) is 3.60. The van der Waals surface area contributed by atoms with Crippen LogP contribution >= 0.6 is 0 Å². The highest BCUT2D eigenvalue weighted by Gasteiger charge is 2.13. The van der Waals surface area contributed by atoms with Crippen molar-refractivity contribution in [1.29, 1.82) is 0 Å². The molecule has 22 heavy (non-hydrogen) atoms. The molecule has 1 rings (SSSR count). The van der Waals surface area contributed by atoms with Gasteiger partial charge in [-0.25, -0.2) is 5.48 Å². The van der Waals surface area contributed by atoms with Crippen molar-refractivity contribution < 1.29 is 14.8 Å². The molecule has 0 spiro atoms. The lowest BCUT2D eigenvalue weighted by atomic mass is 9.97. The summed E-state index contributed by atoms with van der Waals surface area (Å²) in [5.74, 6) is -0.886. The van der Waals surface area contributed by atoms with Gasteiger partial charge in [-0.05, 0) is 31.2 Å². The fourth-order valence-corrected chi connectivity index (χ4v) is 1.96. The predicted molar refractivity (Wildman–Crippen MR) is 87.1 cm³/mol. The van der Waals surface area contributed by atoms with Crippen molar-refractivity contribution in [3.63, 3.8) is 0 Å². The molecule has 0 aliphatic rings. The van der Waals surface area contributed by atoms with E-state index < -0.39 is 5.91 Å². The number of hydrogen-bond donors (Lipinski definition) is 2. The molecule has 2 N–H and O–H groups in total. The Morgan fingerprint density at radius 2 is 1.77 bits per heavy atom. The molecule has 0 fully saturated rings. The second kappa shape index (κ2) is 8.14. The molecular formula is C17H22N2O3. The second-order valence-corrected chi connectivity index (χ2v) is 5.31. The summed E-state index contributed by atoms with van der Waals surface area (Å²) in [5.41, 5.74) is 3.97. The molecule has 0 aliphatic carbocycles. The van der Waals surface area contributed by atoms with Crippen LogP contribution in [0.25, 0.3) is 0 Å². The molecule has 0 aromatic heterocycles. The number of rotatable bonds is 6. The van der Waals surface area contributed by atoms with Crippen molar-refractivity contribution in [3.05, 3.63) is 53.6 Å².